The highest BCUT2D eigenvalue weighted by Gasteiger charge is 2.22. The Bertz CT molecular complexity index is 1500. The number of aromatic amines is 1. The summed E-state index contributed by atoms with van der Waals surface area (Å²) >= 11 is 0. The molecule has 0 spiro atoms. The van der Waals surface area contributed by atoms with Crippen molar-refractivity contribution in [3.05, 3.63) is 54.2 Å². The van der Waals surface area contributed by atoms with E-state index >= 15 is 0 Å². The number of hydrazone groups is 1. The predicted molar refractivity (Wildman–Crippen MR) is 151 cm³/mol. The van der Waals surface area contributed by atoms with E-state index in [2.05, 4.69) is 88.0 Å². The summed E-state index contributed by atoms with van der Waals surface area (Å²) in [6.45, 7) is 12.6. The van der Waals surface area contributed by atoms with E-state index in [0.717, 1.165) is 90.3 Å². The fraction of sp³-hybridized carbons (Fsp3) is 0.357. The van der Waals surface area contributed by atoms with E-state index in [1.165, 1.54) is 11.3 Å². The van der Waals surface area contributed by atoms with Gasteiger partial charge in [0.1, 0.15) is 17.8 Å². The number of hydrogen-bond acceptors (Lipinski definition) is 8. The van der Waals surface area contributed by atoms with Crippen molar-refractivity contribution in [1.82, 2.24) is 34.7 Å². The molecule has 0 bridgehead atoms. The van der Waals surface area contributed by atoms with Crippen LogP contribution in [0.3, 0.4) is 0 Å². The summed E-state index contributed by atoms with van der Waals surface area (Å²) in [6.07, 6.45) is 5.68. The third-order valence-corrected chi connectivity index (χ3v) is 7.72. The summed E-state index contributed by atoms with van der Waals surface area (Å²) in [5.74, 6) is 1.01. The van der Waals surface area contributed by atoms with Crippen molar-refractivity contribution in [2.45, 2.75) is 6.92 Å². The number of fused-ring (bicyclic) bond motifs is 2. The summed E-state index contributed by atoms with van der Waals surface area (Å²) in [5, 5.41) is 8.45. The molecular formula is C28H33N9. The number of hydrogen-bond donors (Lipinski definition) is 1. The first kappa shape index (κ1) is 23.6. The van der Waals surface area contributed by atoms with Gasteiger partial charge in [-0.05, 0) is 55.9 Å². The largest absolute Gasteiger partial charge is 0.353 e. The standard InChI is InChI=1S/C28H33N9/c1-19(26-17-35(4)9-12-37(26)29-2)21-14-22-24(16-31-27(22)30-15-21)20-5-6-25-23(13-20)28(33-18-32-25)36-10-7-34(3)8-11-36/h5-6,13-16,18H,2,7-12,17H2,1,3-4H3,(H,30,31)/b26-19+. The number of likely N-dealkylation sites (N-methyl/N-ethyl adjacent to an activating group) is 2. The van der Waals surface area contributed by atoms with Crippen LogP contribution in [0.1, 0.15) is 12.5 Å². The number of H-pyrrole nitrogens is 1. The van der Waals surface area contributed by atoms with Crippen molar-refractivity contribution in [3.63, 3.8) is 0 Å². The Morgan fingerprint density at radius 1 is 0.946 bits per heavy atom. The molecule has 2 aliphatic rings. The van der Waals surface area contributed by atoms with Gasteiger partial charge in [-0.1, -0.05) is 6.07 Å². The molecule has 4 aromatic rings. The maximum Gasteiger partial charge on any atom is 0.139 e. The zero-order valence-electron chi connectivity index (χ0n) is 21.8. The van der Waals surface area contributed by atoms with Crippen molar-refractivity contribution in [2.75, 3.05) is 64.8 Å². The van der Waals surface area contributed by atoms with Crippen molar-refractivity contribution in [2.24, 2.45) is 5.10 Å². The number of aromatic nitrogens is 4. The van der Waals surface area contributed by atoms with Crippen molar-refractivity contribution in [3.8, 4) is 11.1 Å². The molecule has 0 amide bonds. The Morgan fingerprint density at radius 2 is 1.76 bits per heavy atom. The highest BCUT2D eigenvalue weighted by Crippen LogP contribution is 2.34. The summed E-state index contributed by atoms with van der Waals surface area (Å²) in [5.41, 5.74) is 7.52. The normalized spacial score (nSPS) is 19.1. The second kappa shape index (κ2) is 9.57. The first-order chi connectivity index (χ1) is 18.0. The highest BCUT2D eigenvalue weighted by atomic mass is 15.5. The number of nitrogens with one attached hydrogen (secondary N) is 1. The van der Waals surface area contributed by atoms with E-state index in [9.17, 15) is 0 Å². The average Bonchev–Trinajstić information content (AvgIpc) is 3.36. The van der Waals surface area contributed by atoms with Gasteiger partial charge in [-0.25, -0.2) is 15.0 Å². The topological polar surface area (TPSA) is 79.8 Å². The molecule has 0 aliphatic carbocycles. The van der Waals surface area contributed by atoms with E-state index in [0.29, 0.717) is 0 Å². The van der Waals surface area contributed by atoms with Gasteiger partial charge in [-0.3, -0.25) is 9.91 Å². The Hall–Kier alpha value is -3.82. The molecular weight excluding hydrogens is 462 g/mol. The van der Waals surface area contributed by atoms with Gasteiger partial charge >= 0.3 is 0 Å². The molecule has 0 atom stereocenters. The van der Waals surface area contributed by atoms with Crippen LogP contribution in [-0.2, 0) is 0 Å². The SMILES string of the molecule is C=NN1CCN(C)C/C1=C(/C)c1cnc2[nH]cc(-c3ccc4ncnc(N5CCN(C)CC5)c4c3)c2c1. The minimum atomic E-state index is 0.836. The lowest BCUT2D eigenvalue weighted by molar-refractivity contribution is 0.211. The van der Waals surface area contributed by atoms with Crippen LogP contribution in [0.15, 0.2) is 53.8 Å². The second-order valence-corrected chi connectivity index (χ2v) is 10.1. The average molecular weight is 496 g/mol. The first-order valence-electron chi connectivity index (χ1n) is 12.8. The Balaban J connectivity index is 1.42. The molecule has 0 unspecified atom stereocenters. The highest BCUT2D eigenvalue weighted by molar-refractivity contribution is 5.99. The number of benzene rings is 1. The lowest BCUT2D eigenvalue weighted by Gasteiger charge is -2.34. The smallest absolute Gasteiger partial charge is 0.139 e. The zero-order valence-corrected chi connectivity index (χ0v) is 21.8. The molecule has 2 aliphatic heterocycles. The Kier molecular flexibility index (Phi) is 6.10. The second-order valence-electron chi connectivity index (χ2n) is 10.1. The summed E-state index contributed by atoms with van der Waals surface area (Å²) in [7, 11) is 4.31. The predicted octanol–water partition coefficient (Wildman–Crippen LogP) is 3.52. The third-order valence-electron chi connectivity index (χ3n) is 7.72. The van der Waals surface area contributed by atoms with Gasteiger partial charge in [0.2, 0.25) is 0 Å². The molecule has 190 valence electrons. The van der Waals surface area contributed by atoms with Gasteiger partial charge < -0.3 is 14.8 Å². The third kappa shape index (κ3) is 4.34. The minimum absolute atomic E-state index is 0.836. The molecule has 5 heterocycles. The van der Waals surface area contributed by atoms with Gasteiger partial charge in [-0.15, -0.1) is 0 Å². The van der Waals surface area contributed by atoms with Crippen LogP contribution in [0.2, 0.25) is 0 Å². The molecule has 37 heavy (non-hydrogen) atoms. The Labute approximate surface area is 217 Å². The molecule has 3 aromatic heterocycles. The number of piperazine rings is 2. The van der Waals surface area contributed by atoms with Crippen LogP contribution in [0, 0.1) is 0 Å². The van der Waals surface area contributed by atoms with E-state index in [1.54, 1.807) is 6.33 Å². The van der Waals surface area contributed by atoms with Crippen LogP contribution >= 0.6 is 0 Å². The van der Waals surface area contributed by atoms with Gasteiger partial charge in [-0.2, -0.15) is 5.10 Å². The zero-order chi connectivity index (χ0) is 25.5. The lowest BCUT2D eigenvalue weighted by atomic mass is 10.00. The Morgan fingerprint density at radius 3 is 2.57 bits per heavy atom. The number of anilines is 1. The molecule has 0 radical (unpaired) electrons. The van der Waals surface area contributed by atoms with Crippen LogP contribution in [0.4, 0.5) is 5.82 Å². The number of allylic oxidation sites excluding steroid dienone is 1. The number of nitrogens with zero attached hydrogens (tertiary/aromatic N) is 8. The van der Waals surface area contributed by atoms with Crippen LogP contribution in [0.25, 0.3) is 38.6 Å². The fourth-order valence-corrected chi connectivity index (χ4v) is 5.38. The molecule has 1 aromatic carbocycles. The quantitative estimate of drug-likeness (QED) is 0.434. The summed E-state index contributed by atoms with van der Waals surface area (Å²) < 4.78 is 0. The van der Waals surface area contributed by atoms with Crippen LogP contribution in [0.5, 0.6) is 0 Å². The van der Waals surface area contributed by atoms with E-state index in [1.807, 2.05) is 11.2 Å². The maximum atomic E-state index is 4.77. The minimum Gasteiger partial charge on any atom is -0.353 e. The van der Waals surface area contributed by atoms with Gasteiger partial charge in [0.15, 0.2) is 0 Å². The summed E-state index contributed by atoms with van der Waals surface area (Å²) in [6, 6.07) is 8.70. The fourth-order valence-electron chi connectivity index (χ4n) is 5.38. The van der Waals surface area contributed by atoms with Crippen LogP contribution in [-0.4, -0.2) is 101 Å². The monoisotopic (exact) mass is 495 g/mol. The van der Waals surface area contributed by atoms with Crippen molar-refractivity contribution >= 4 is 40.0 Å². The molecule has 6 rings (SSSR count). The van der Waals surface area contributed by atoms with Gasteiger partial charge in [0.05, 0.1) is 17.8 Å². The number of pyridine rings is 1. The molecule has 2 saturated heterocycles. The van der Waals surface area contributed by atoms with Crippen molar-refractivity contribution < 1.29 is 0 Å². The lowest BCUT2D eigenvalue weighted by Crippen LogP contribution is -2.44. The van der Waals surface area contributed by atoms with Gasteiger partial charge in [0.25, 0.3) is 0 Å². The molecule has 9 nitrogen and oxygen atoms in total. The maximum absolute atomic E-state index is 4.77. The van der Waals surface area contributed by atoms with E-state index < -0.39 is 0 Å². The molecule has 1 N–H and O–H groups in total. The summed E-state index contributed by atoms with van der Waals surface area (Å²) in [4.78, 5) is 24.4. The van der Waals surface area contributed by atoms with E-state index in [4.69, 9.17) is 9.97 Å². The molecule has 2 fully saturated rings. The van der Waals surface area contributed by atoms with Crippen LogP contribution < -0.4 is 4.90 Å². The molecule has 0 saturated carbocycles. The van der Waals surface area contributed by atoms with Crippen molar-refractivity contribution in [1.29, 1.82) is 0 Å². The first-order valence-corrected chi connectivity index (χ1v) is 12.8. The number of rotatable bonds is 4. The molecule has 9 heteroatoms. The van der Waals surface area contributed by atoms with Gasteiger partial charge in [0, 0.05) is 74.7 Å². The van der Waals surface area contributed by atoms with E-state index in [-0.39, 0.29) is 0 Å².